The fourth-order valence-corrected chi connectivity index (χ4v) is 4.71. The highest BCUT2D eigenvalue weighted by molar-refractivity contribution is 6.14. The van der Waals surface area contributed by atoms with E-state index in [-0.39, 0.29) is 39.5 Å². The van der Waals surface area contributed by atoms with E-state index in [9.17, 15) is 33.9 Å². The molecule has 17 nitrogen and oxygen atoms in total. The van der Waals surface area contributed by atoms with Gasteiger partial charge in [-0.25, -0.2) is 19.4 Å². The average molecular weight is 688 g/mol. The average Bonchev–Trinajstić information content (AvgIpc) is 3.37. The van der Waals surface area contributed by atoms with Gasteiger partial charge in [0.05, 0.1) is 30.8 Å². The van der Waals surface area contributed by atoms with Gasteiger partial charge in [0.25, 0.3) is 5.88 Å². The van der Waals surface area contributed by atoms with E-state index in [0.29, 0.717) is 0 Å². The Morgan fingerprint density at radius 3 is 2.22 bits per heavy atom. The number of esters is 2. The van der Waals surface area contributed by atoms with Gasteiger partial charge in [0.15, 0.2) is 17.8 Å². The highest BCUT2D eigenvalue weighted by Gasteiger charge is 2.40. The number of para-hydroxylation sites is 1. The summed E-state index contributed by atoms with van der Waals surface area (Å²) in [5, 5.41) is 11.1. The zero-order valence-electron chi connectivity index (χ0n) is 26.8. The number of aromatic amines is 1. The summed E-state index contributed by atoms with van der Waals surface area (Å²) in [7, 11) is 1.09. The predicted octanol–water partition coefficient (Wildman–Crippen LogP) is 0.647. The third kappa shape index (κ3) is 8.39. The predicted molar refractivity (Wildman–Crippen MR) is 178 cm³/mol. The largest absolute Gasteiger partial charge is 0.491 e. The summed E-state index contributed by atoms with van der Waals surface area (Å²) in [6, 6.07) is 16.7. The van der Waals surface area contributed by atoms with Crippen molar-refractivity contribution >= 4 is 46.9 Å². The molecule has 8 N–H and O–H groups in total. The van der Waals surface area contributed by atoms with Crippen LogP contribution in [0.3, 0.4) is 0 Å². The number of ketones is 1. The van der Waals surface area contributed by atoms with E-state index in [2.05, 4.69) is 14.7 Å². The molecular formula is C33H33N7O10. The maximum absolute atomic E-state index is 13.6. The fourth-order valence-electron chi connectivity index (χ4n) is 4.71. The van der Waals surface area contributed by atoms with Crippen LogP contribution >= 0.6 is 0 Å². The Balaban J connectivity index is 1.68. The fraction of sp³-hybridized carbons (Fsp3) is 0.182. The van der Waals surface area contributed by atoms with Crippen molar-refractivity contribution in [2.45, 2.75) is 32.0 Å². The minimum atomic E-state index is -2.03. The van der Waals surface area contributed by atoms with E-state index in [1.807, 2.05) is 6.07 Å². The number of rotatable bonds is 13. The molecule has 0 saturated carbocycles. The Hall–Kier alpha value is -6.75. The molecular weight excluding hydrogens is 654 g/mol. The van der Waals surface area contributed by atoms with E-state index in [4.69, 9.17) is 26.8 Å². The lowest BCUT2D eigenvalue weighted by molar-refractivity contribution is -0.150. The van der Waals surface area contributed by atoms with Gasteiger partial charge in [-0.05, 0) is 42.8 Å². The van der Waals surface area contributed by atoms with E-state index in [0.717, 1.165) is 24.5 Å². The highest BCUT2D eigenvalue weighted by atomic mass is 16.7. The number of hydrogen-bond acceptors (Lipinski definition) is 12. The minimum Gasteiger partial charge on any atom is -0.491 e. The van der Waals surface area contributed by atoms with E-state index < -0.39 is 65.6 Å². The van der Waals surface area contributed by atoms with Crippen molar-refractivity contribution in [1.29, 1.82) is 0 Å². The number of nitrogens with two attached hydrogens (primary N) is 3. The normalized spacial score (nSPS) is 11.8. The highest BCUT2D eigenvalue weighted by Crippen LogP contribution is 2.35. The summed E-state index contributed by atoms with van der Waals surface area (Å²) >= 11 is 0. The molecule has 0 bridgehead atoms. The van der Waals surface area contributed by atoms with Crippen LogP contribution in [0, 0.1) is 0 Å². The number of nitrogens with zero attached hydrogens (tertiary/aromatic N) is 3. The lowest BCUT2D eigenvalue weighted by atomic mass is 10.1. The van der Waals surface area contributed by atoms with Crippen molar-refractivity contribution < 1.29 is 43.4 Å². The number of anilines is 1. The Bertz CT molecular complexity index is 1990. The van der Waals surface area contributed by atoms with Crippen molar-refractivity contribution in [3.8, 4) is 17.1 Å². The van der Waals surface area contributed by atoms with Gasteiger partial charge in [0, 0.05) is 11.3 Å². The van der Waals surface area contributed by atoms with Crippen LogP contribution in [0.4, 0.5) is 11.4 Å². The number of hydrogen-bond donors (Lipinski definition) is 5. The molecule has 17 heteroatoms. The number of carbonyl (C=O) groups excluding carboxylic acids is 5. The molecule has 4 rings (SSSR count). The number of ether oxygens (including phenoxy) is 2. The molecule has 3 aromatic carbocycles. The number of H-pyrrole nitrogens is 1. The summed E-state index contributed by atoms with van der Waals surface area (Å²) in [6.45, 7) is 0.966. The van der Waals surface area contributed by atoms with Gasteiger partial charge in [-0.2, -0.15) is 0 Å². The zero-order chi connectivity index (χ0) is 36.5. The van der Waals surface area contributed by atoms with Crippen LogP contribution < -0.4 is 32.6 Å². The first-order valence-electron chi connectivity index (χ1n) is 14.7. The van der Waals surface area contributed by atoms with Gasteiger partial charge >= 0.3 is 23.6 Å². The van der Waals surface area contributed by atoms with Crippen LogP contribution in [-0.2, 0) is 35.3 Å². The van der Waals surface area contributed by atoms with Gasteiger partial charge in [-0.3, -0.25) is 24.3 Å². The second-order valence-electron chi connectivity index (χ2n) is 10.6. The van der Waals surface area contributed by atoms with Crippen LogP contribution in [-0.4, -0.2) is 69.6 Å². The molecule has 0 aliphatic rings. The molecule has 1 heterocycles. The Kier molecular flexibility index (Phi) is 11.5. The summed E-state index contributed by atoms with van der Waals surface area (Å²) in [4.78, 5) is 89.8. The molecule has 50 heavy (non-hydrogen) atoms. The number of guanidine groups is 1. The Morgan fingerprint density at radius 1 is 0.980 bits per heavy atom. The number of aromatic nitrogens is 2. The van der Waals surface area contributed by atoms with Gasteiger partial charge in [-0.15, -0.1) is 0 Å². The molecule has 0 unspecified atom stereocenters. The quantitative estimate of drug-likeness (QED) is 0.0560. The van der Waals surface area contributed by atoms with Crippen LogP contribution in [0.15, 0.2) is 88.6 Å². The molecule has 0 aliphatic heterocycles. The van der Waals surface area contributed by atoms with Crippen molar-refractivity contribution in [1.82, 2.24) is 9.71 Å². The number of benzene rings is 3. The smallest absolute Gasteiger partial charge is 0.363 e. The van der Waals surface area contributed by atoms with Crippen LogP contribution in [0.5, 0.6) is 5.88 Å². The Morgan fingerprint density at radius 2 is 1.62 bits per heavy atom. The van der Waals surface area contributed by atoms with Crippen LogP contribution in [0.25, 0.3) is 11.3 Å². The number of amides is 1. The van der Waals surface area contributed by atoms with Crippen LogP contribution in [0.2, 0.25) is 0 Å². The summed E-state index contributed by atoms with van der Waals surface area (Å²) < 4.78 is 10.1. The number of nitrogens with one attached hydrogen (secondary N) is 1. The van der Waals surface area contributed by atoms with Crippen LogP contribution in [0.1, 0.15) is 29.3 Å². The lowest BCUT2D eigenvalue weighted by Gasteiger charge is -2.30. The summed E-state index contributed by atoms with van der Waals surface area (Å²) in [5.41, 5.74) is 16.3. The Labute approximate surface area is 283 Å². The first-order chi connectivity index (χ1) is 23.8. The third-order valence-corrected chi connectivity index (χ3v) is 7.05. The van der Waals surface area contributed by atoms with Crippen molar-refractivity contribution in [2.75, 3.05) is 12.0 Å². The molecule has 2 atom stereocenters. The summed E-state index contributed by atoms with van der Waals surface area (Å²) in [6.07, 6.45) is -0.582. The van der Waals surface area contributed by atoms with E-state index in [1.54, 1.807) is 30.3 Å². The summed E-state index contributed by atoms with van der Waals surface area (Å²) in [5.74, 6) is -6.35. The monoisotopic (exact) mass is 687 g/mol. The number of carbonyl (C=O) groups is 5. The lowest BCUT2D eigenvalue weighted by Crippen LogP contribution is -2.57. The van der Waals surface area contributed by atoms with E-state index >= 15 is 0 Å². The van der Waals surface area contributed by atoms with E-state index in [1.165, 1.54) is 42.5 Å². The maximum atomic E-state index is 13.6. The first kappa shape index (κ1) is 36.1. The van der Waals surface area contributed by atoms with Gasteiger partial charge in [0.1, 0.15) is 12.3 Å². The molecule has 0 spiro atoms. The SMILES string of the molecule is COC(=O)C[C@H](N)C(=O)N(c1ccccc1)[C@@H](C(C)=O)C(=O)On1c(O)c(-c2ccc(C(=O)OCc3ccccc3)cc2N=C(N)N)[nH]c1=O. The first-order valence-corrected chi connectivity index (χ1v) is 14.7. The van der Waals surface area contributed by atoms with Gasteiger partial charge in [0.2, 0.25) is 5.91 Å². The molecule has 0 aliphatic carbocycles. The van der Waals surface area contributed by atoms with Crippen molar-refractivity contribution in [2.24, 2.45) is 22.2 Å². The van der Waals surface area contributed by atoms with Crippen molar-refractivity contribution in [3.63, 3.8) is 0 Å². The maximum Gasteiger partial charge on any atom is 0.363 e. The molecule has 0 fully saturated rings. The zero-order valence-corrected chi connectivity index (χ0v) is 26.8. The number of aromatic hydroxyl groups is 1. The van der Waals surface area contributed by atoms with Crippen molar-refractivity contribution in [3.05, 3.63) is 100 Å². The number of Topliss-reactive ketones (excluding diaryl/α,β-unsaturated/α-hetero) is 1. The number of imidazole rings is 1. The second kappa shape index (κ2) is 15.9. The minimum absolute atomic E-state index is 0.0135. The molecule has 1 amide bonds. The molecule has 0 radical (unpaired) electrons. The third-order valence-electron chi connectivity index (χ3n) is 7.05. The number of methoxy groups -OCH3 is 1. The van der Waals surface area contributed by atoms with Gasteiger partial charge < -0.3 is 36.6 Å². The molecule has 260 valence electrons. The molecule has 1 aromatic heterocycles. The van der Waals surface area contributed by atoms with Gasteiger partial charge in [-0.1, -0.05) is 53.3 Å². The standard InChI is InChI=1S/C33H33N7O10/c1-18(41)27(39(21-11-7-4-8-12-21)28(43)23(34)16-25(42)48-2)31(46)50-40-29(44)26(38-33(40)47)22-14-13-20(15-24(22)37-32(35)36)30(45)49-17-19-9-5-3-6-10-19/h3-15,23,27,44H,16-17,34H2,1-2H3,(H,38,47)(H4,35,36,37)/t23-,27-/m0/s1. The number of aliphatic imine (C=N–C) groups is 1. The molecule has 0 saturated heterocycles. The second-order valence-corrected chi connectivity index (χ2v) is 10.6. The topological polar surface area (TPSA) is 265 Å². The molecule has 4 aromatic rings.